The van der Waals surface area contributed by atoms with Gasteiger partial charge in [-0.15, -0.1) is 0 Å². The van der Waals surface area contributed by atoms with Crippen molar-refractivity contribution in [2.24, 2.45) is 0 Å². The lowest BCUT2D eigenvalue weighted by Crippen LogP contribution is -2.22. The van der Waals surface area contributed by atoms with Crippen molar-refractivity contribution in [3.8, 4) is 5.69 Å². The zero-order valence-corrected chi connectivity index (χ0v) is 11.6. The predicted molar refractivity (Wildman–Crippen MR) is 78.2 cm³/mol. The van der Waals surface area contributed by atoms with Crippen LogP contribution in [0.25, 0.3) is 5.69 Å². The molecule has 5 nitrogen and oxygen atoms in total. The molecule has 21 heavy (non-hydrogen) atoms. The fourth-order valence-electron chi connectivity index (χ4n) is 2.07. The minimum absolute atomic E-state index is 0.145. The maximum absolute atomic E-state index is 12.0. The minimum atomic E-state index is -0.145. The highest BCUT2D eigenvalue weighted by Crippen LogP contribution is 2.10. The molecule has 0 radical (unpaired) electrons. The highest BCUT2D eigenvalue weighted by atomic mass is 16.3. The molecule has 0 aliphatic carbocycles. The van der Waals surface area contributed by atoms with Crippen LogP contribution in [0.1, 0.15) is 21.7 Å². The van der Waals surface area contributed by atoms with Gasteiger partial charge in [0.2, 0.25) is 0 Å². The summed E-state index contributed by atoms with van der Waals surface area (Å²) in [4.78, 5) is 12.0. The number of hydrogen-bond donors (Lipinski definition) is 1. The third kappa shape index (κ3) is 2.86. The van der Waals surface area contributed by atoms with Crippen LogP contribution in [0.4, 0.5) is 0 Å². The molecule has 0 fully saturated rings. The molecular formula is C16H15N3O2. The Labute approximate surface area is 122 Å². The van der Waals surface area contributed by atoms with Gasteiger partial charge in [-0.25, -0.2) is 4.68 Å². The van der Waals surface area contributed by atoms with Crippen LogP contribution in [0.15, 0.2) is 59.5 Å². The van der Waals surface area contributed by atoms with Crippen LogP contribution in [0.3, 0.4) is 0 Å². The summed E-state index contributed by atoms with van der Waals surface area (Å²) in [6.45, 7) is 2.19. The summed E-state index contributed by atoms with van der Waals surface area (Å²) in [5.41, 5.74) is 2.49. The second-order valence-electron chi connectivity index (χ2n) is 4.70. The van der Waals surface area contributed by atoms with E-state index < -0.39 is 0 Å². The van der Waals surface area contributed by atoms with E-state index in [-0.39, 0.29) is 5.91 Å². The van der Waals surface area contributed by atoms with Crippen molar-refractivity contribution in [2.75, 3.05) is 0 Å². The summed E-state index contributed by atoms with van der Waals surface area (Å²) in [7, 11) is 0. The first-order chi connectivity index (χ1) is 10.2. The summed E-state index contributed by atoms with van der Waals surface area (Å²) in [6, 6.07) is 11.5. The number of para-hydroxylation sites is 1. The Morgan fingerprint density at radius 1 is 1.29 bits per heavy atom. The summed E-state index contributed by atoms with van der Waals surface area (Å²) < 4.78 is 6.90. The molecule has 3 rings (SSSR count). The highest BCUT2D eigenvalue weighted by Gasteiger charge is 2.11. The molecule has 3 aromatic rings. The smallest absolute Gasteiger partial charge is 0.255 e. The summed E-state index contributed by atoms with van der Waals surface area (Å²) >= 11 is 0. The van der Waals surface area contributed by atoms with Crippen LogP contribution in [-0.2, 0) is 6.54 Å². The van der Waals surface area contributed by atoms with E-state index in [4.69, 9.17) is 4.42 Å². The third-order valence-corrected chi connectivity index (χ3v) is 3.21. The number of nitrogens with zero attached hydrogens (tertiary/aromatic N) is 2. The van der Waals surface area contributed by atoms with Crippen LogP contribution >= 0.6 is 0 Å². The maximum atomic E-state index is 12.0. The molecule has 0 saturated heterocycles. The molecule has 0 aliphatic heterocycles. The van der Waals surface area contributed by atoms with E-state index in [1.165, 1.54) is 6.26 Å². The van der Waals surface area contributed by atoms with Gasteiger partial charge >= 0.3 is 0 Å². The second-order valence-corrected chi connectivity index (χ2v) is 4.70. The van der Waals surface area contributed by atoms with Gasteiger partial charge in [0, 0.05) is 18.3 Å². The van der Waals surface area contributed by atoms with Gasteiger partial charge in [0.25, 0.3) is 5.91 Å². The van der Waals surface area contributed by atoms with Gasteiger partial charge < -0.3 is 9.73 Å². The minimum Gasteiger partial charge on any atom is -0.469 e. The zero-order chi connectivity index (χ0) is 14.7. The maximum Gasteiger partial charge on any atom is 0.255 e. The number of rotatable bonds is 4. The molecule has 0 unspecified atom stereocenters. The van der Waals surface area contributed by atoms with E-state index >= 15 is 0 Å². The topological polar surface area (TPSA) is 60.1 Å². The summed E-state index contributed by atoms with van der Waals surface area (Å²) in [5, 5.41) is 7.15. The number of aryl methyl sites for hydroxylation is 1. The highest BCUT2D eigenvalue weighted by molar-refractivity contribution is 5.94. The lowest BCUT2D eigenvalue weighted by Gasteiger charge is -2.02. The van der Waals surface area contributed by atoms with Gasteiger partial charge in [-0.05, 0) is 25.1 Å². The quantitative estimate of drug-likeness (QED) is 0.800. The standard InChI is InChI=1S/C16H15N3O2/c1-12-15(7-8-21-12)16(20)17-9-13-10-18-19(11-13)14-5-3-2-4-6-14/h2-8,10-11H,9H2,1H3,(H,17,20). The first-order valence-electron chi connectivity index (χ1n) is 6.65. The van der Waals surface area contributed by atoms with Crippen LogP contribution < -0.4 is 5.32 Å². The van der Waals surface area contributed by atoms with Crippen LogP contribution in [0.2, 0.25) is 0 Å². The largest absolute Gasteiger partial charge is 0.469 e. The number of aromatic nitrogens is 2. The fourth-order valence-corrected chi connectivity index (χ4v) is 2.07. The van der Waals surface area contributed by atoms with E-state index in [2.05, 4.69) is 10.4 Å². The fraction of sp³-hybridized carbons (Fsp3) is 0.125. The van der Waals surface area contributed by atoms with E-state index in [1.54, 1.807) is 23.9 Å². The van der Waals surface area contributed by atoms with E-state index in [0.717, 1.165) is 11.3 Å². The Bertz CT molecular complexity index is 744. The molecule has 2 heterocycles. The van der Waals surface area contributed by atoms with Crippen LogP contribution in [0, 0.1) is 6.92 Å². The lowest BCUT2D eigenvalue weighted by atomic mass is 10.2. The Morgan fingerprint density at radius 3 is 2.81 bits per heavy atom. The number of benzene rings is 1. The van der Waals surface area contributed by atoms with E-state index in [9.17, 15) is 4.79 Å². The van der Waals surface area contributed by atoms with Gasteiger partial charge in [-0.2, -0.15) is 5.10 Å². The Morgan fingerprint density at radius 2 is 2.10 bits per heavy atom. The first kappa shape index (κ1) is 13.2. The molecule has 1 aromatic carbocycles. The number of hydrogen-bond acceptors (Lipinski definition) is 3. The van der Waals surface area contributed by atoms with Gasteiger partial charge in [-0.3, -0.25) is 4.79 Å². The first-order valence-corrected chi connectivity index (χ1v) is 6.65. The lowest BCUT2D eigenvalue weighted by molar-refractivity contribution is 0.0949. The SMILES string of the molecule is Cc1occc1C(=O)NCc1cnn(-c2ccccc2)c1. The average molecular weight is 281 g/mol. The number of amides is 1. The average Bonchev–Trinajstić information content (AvgIpc) is 3.15. The van der Waals surface area contributed by atoms with Crippen molar-refractivity contribution in [2.45, 2.75) is 13.5 Å². The number of carbonyl (C=O) groups is 1. The van der Waals surface area contributed by atoms with Crippen molar-refractivity contribution < 1.29 is 9.21 Å². The molecule has 1 amide bonds. The Kier molecular flexibility index (Phi) is 3.55. The summed E-state index contributed by atoms with van der Waals surface area (Å²) in [5.74, 6) is 0.473. The van der Waals surface area contributed by atoms with Crippen LogP contribution in [-0.4, -0.2) is 15.7 Å². The number of carbonyl (C=O) groups excluding carboxylic acids is 1. The van der Waals surface area contributed by atoms with E-state index in [0.29, 0.717) is 17.9 Å². The Hall–Kier alpha value is -2.82. The molecule has 5 heteroatoms. The van der Waals surface area contributed by atoms with Gasteiger partial charge in [0.05, 0.1) is 23.7 Å². The van der Waals surface area contributed by atoms with E-state index in [1.807, 2.05) is 36.5 Å². The van der Waals surface area contributed by atoms with Gasteiger partial charge in [0.15, 0.2) is 0 Å². The summed E-state index contributed by atoms with van der Waals surface area (Å²) in [6.07, 6.45) is 5.16. The monoisotopic (exact) mass is 281 g/mol. The van der Waals surface area contributed by atoms with Crippen LogP contribution in [0.5, 0.6) is 0 Å². The van der Waals surface area contributed by atoms with Crippen molar-refractivity contribution in [1.82, 2.24) is 15.1 Å². The molecular weight excluding hydrogens is 266 g/mol. The molecule has 0 saturated carbocycles. The van der Waals surface area contributed by atoms with Crippen molar-refractivity contribution in [1.29, 1.82) is 0 Å². The van der Waals surface area contributed by atoms with Crippen molar-refractivity contribution in [3.63, 3.8) is 0 Å². The molecule has 1 N–H and O–H groups in total. The zero-order valence-electron chi connectivity index (χ0n) is 11.6. The van der Waals surface area contributed by atoms with Gasteiger partial charge in [-0.1, -0.05) is 18.2 Å². The predicted octanol–water partition coefficient (Wildman–Crippen LogP) is 2.70. The molecule has 0 bridgehead atoms. The second kappa shape index (κ2) is 5.66. The van der Waals surface area contributed by atoms with Crippen molar-refractivity contribution >= 4 is 5.91 Å². The molecule has 0 spiro atoms. The molecule has 2 aromatic heterocycles. The number of nitrogens with one attached hydrogen (secondary N) is 1. The molecule has 0 atom stereocenters. The third-order valence-electron chi connectivity index (χ3n) is 3.21. The van der Waals surface area contributed by atoms with Crippen molar-refractivity contribution in [3.05, 3.63) is 71.9 Å². The Balaban J connectivity index is 1.66. The normalized spacial score (nSPS) is 10.5. The van der Waals surface area contributed by atoms with Gasteiger partial charge in [0.1, 0.15) is 5.76 Å². The number of furan rings is 1. The molecule has 106 valence electrons. The molecule has 0 aliphatic rings.